The van der Waals surface area contributed by atoms with Crippen LogP contribution in [0, 0.1) is 0 Å². The number of amides is 3. The molecule has 1 aliphatic rings. The van der Waals surface area contributed by atoms with Crippen molar-refractivity contribution in [3.05, 3.63) is 0 Å². The molecule has 0 heterocycles. The molecule has 1 fully saturated rings. The summed E-state index contributed by atoms with van der Waals surface area (Å²) in [5.74, 6) is 0.0285. The molecule has 92 valence electrons. The Bertz CT molecular complexity index is 258. The van der Waals surface area contributed by atoms with Gasteiger partial charge in [0.2, 0.25) is 5.91 Å². The Morgan fingerprint density at radius 3 is 1.81 bits per heavy atom. The van der Waals surface area contributed by atoms with Gasteiger partial charge in [0.1, 0.15) is 0 Å². The van der Waals surface area contributed by atoms with Crippen molar-refractivity contribution < 1.29 is 9.59 Å². The number of carbonyl (C=O) groups excluding carboxylic acids is 2. The monoisotopic (exact) mass is 227 g/mol. The quantitative estimate of drug-likeness (QED) is 0.729. The Labute approximate surface area is 96.6 Å². The van der Waals surface area contributed by atoms with E-state index in [2.05, 4.69) is 10.6 Å². The van der Waals surface area contributed by atoms with Crippen molar-refractivity contribution in [2.75, 3.05) is 14.1 Å². The number of nitrogens with one attached hydrogen (secondary N) is 2. The zero-order chi connectivity index (χ0) is 12.1. The zero-order valence-corrected chi connectivity index (χ0v) is 10.2. The predicted molar refractivity (Wildman–Crippen MR) is 62.1 cm³/mol. The van der Waals surface area contributed by atoms with Crippen LogP contribution in [0.25, 0.3) is 0 Å². The van der Waals surface area contributed by atoms with Crippen molar-refractivity contribution >= 4 is 11.9 Å². The third-order valence-electron chi connectivity index (χ3n) is 2.87. The molecule has 0 atom stereocenters. The van der Waals surface area contributed by atoms with Crippen LogP contribution < -0.4 is 10.6 Å². The average Bonchev–Trinajstić information content (AvgIpc) is 2.20. The molecule has 0 unspecified atom stereocenters. The summed E-state index contributed by atoms with van der Waals surface area (Å²) in [7, 11) is 3.47. The van der Waals surface area contributed by atoms with E-state index in [1.54, 1.807) is 25.9 Å². The second-order valence-corrected chi connectivity index (χ2v) is 4.59. The van der Waals surface area contributed by atoms with E-state index in [9.17, 15) is 9.59 Å². The second kappa shape index (κ2) is 5.72. The molecule has 0 saturated heterocycles. The summed E-state index contributed by atoms with van der Waals surface area (Å²) in [6.07, 6.45) is 3.75. The molecule has 0 aromatic carbocycles. The lowest BCUT2D eigenvalue weighted by atomic mass is 9.91. The highest BCUT2D eigenvalue weighted by molar-refractivity contribution is 5.74. The van der Waals surface area contributed by atoms with E-state index in [4.69, 9.17) is 0 Å². The van der Waals surface area contributed by atoms with E-state index in [1.807, 2.05) is 0 Å². The van der Waals surface area contributed by atoms with Gasteiger partial charge in [-0.05, 0) is 25.7 Å². The van der Waals surface area contributed by atoms with Gasteiger partial charge < -0.3 is 15.5 Å². The number of carbonyl (C=O) groups is 2. The molecule has 16 heavy (non-hydrogen) atoms. The van der Waals surface area contributed by atoms with Crippen molar-refractivity contribution in [1.82, 2.24) is 15.5 Å². The molecule has 5 nitrogen and oxygen atoms in total. The van der Waals surface area contributed by atoms with Gasteiger partial charge >= 0.3 is 6.03 Å². The zero-order valence-electron chi connectivity index (χ0n) is 10.2. The van der Waals surface area contributed by atoms with E-state index in [0.717, 1.165) is 25.7 Å². The molecule has 0 bridgehead atoms. The average molecular weight is 227 g/mol. The molecule has 3 amide bonds. The molecular formula is C11H21N3O2. The van der Waals surface area contributed by atoms with Crippen LogP contribution in [0.2, 0.25) is 0 Å². The number of rotatable bonds is 2. The normalized spacial score (nSPS) is 24.7. The van der Waals surface area contributed by atoms with Crippen molar-refractivity contribution in [2.24, 2.45) is 0 Å². The topological polar surface area (TPSA) is 61.4 Å². The fourth-order valence-electron chi connectivity index (χ4n) is 1.97. The number of nitrogens with zero attached hydrogens (tertiary/aromatic N) is 1. The molecule has 0 spiro atoms. The fraction of sp³-hybridized carbons (Fsp3) is 0.818. The van der Waals surface area contributed by atoms with Gasteiger partial charge in [-0.25, -0.2) is 4.79 Å². The first-order valence-electron chi connectivity index (χ1n) is 5.74. The maximum absolute atomic E-state index is 11.4. The highest BCUT2D eigenvalue weighted by Crippen LogP contribution is 2.18. The molecule has 0 aliphatic heterocycles. The van der Waals surface area contributed by atoms with Crippen LogP contribution in [0.1, 0.15) is 32.6 Å². The molecule has 2 N–H and O–H groups in total. The van der Waals surface area contributed by atoms with Gasteiger partial charge in [0.05, 0.1) is 0 Å². The summed E-state index contributed by atoms with van der Waals surface area (Å²) in [6, 6.07) is 0.493. The largest absolute Gasteiger partial charge is 0.354 e. The maximum atomic E-state index is 11.4. The lowest BCUT2D eigenvalue weighted by Crippen LogP contribution is -2.46. The van der Waals surface area contributed by atoms with Crippen LogP contribution in [-0.2, 0) is 4.79 Å². The third-order valence-corrected chi connectivity index (χ3v) is 2.87. The standard InChI is InChI=1S/C11H21N3O2/c1-8(15)12-9-4-6-10(7-5-9)13-11(16)14(2)3/h9-10H,4-7H2,1-3H3,(H,12,15)(H,13,16)/t9-,10-. The molecule has 0 aromatic heterocycles. The van der Waals surface area contributed by atoms with E-state index in [0.29, 0.717) is 0 Å². The van der Waals surface area contributed by atoms with Crippen molar-refractivity contribution in [1.29, 1.82) is 0 Å². The van der Waals surface area contributed by atoms with Gasteiger partial charge in [-0.15, -0.1) is 0 Å². The number of hydrogen-bond acceptors (Lipinski definition) is 2. The molecule has 0 radical (unpaired) electrons. The molecular weight excluding hydrogens is 206 g/mol. The first-order valence-corrected chi connectivity index (χ1v) is 5.74. The van der Waals surface area contributed by atoms with Crippen LogP contribution in [-0.4, -0.2) is 43.0 Å². The van der Waals surface area contributed by atoms with E-state index < -0.39 is 0 Å². The van der Waals surface area contributed by atoms with Crippen molar-refractivity contribution in [2.45, 2.75) is 44.7 Å². The minimum absolute atomic E-state index is 0.0285. The summed E-state index contributed by atoms with van der Waals surface area (Å²) >= 11 is 0. The summed E-state index contributed by atoms with van der Waals surface area (Å²) in [4.78, 5) is 23.8. The molecule has 1 rings (SSSR count). The molecule has 1 aliphatic carbocycles. The Morgan fingerprint density at radius 1 is 1.00 bits per heavy atom. The Hall–Kier alpha value is -1.26. The van der Waals surface area contributed by atoms with Gasteiger partial charge in [-0.3, -0.25) is 4.79 Å². The van der Waals surface area contributed by atoms with Crippen LogP contribution in [0.3, 0.4) is 0 Å². The summed E-state index contributed by atoms with van der Waals surface area (Å²) in [5, 5.41) is 5.88. The first-order chi connectivity index (χ1) is 7.49. The van der Waals surface area contributed by atoms with Gasteiger partial charge in [-0.2, -0.15) is 0 Å². The lowest BCUT2D eigenvalue weighted by Gasteiger charge is -2.30. The first kappa shape index (κ1) is 12.8. The molecule has 0 aromatic rings. The smallest absolute Gasteiger partial charge is 0.317 e. The highest BCUT2D eigenvalue weighted by Gasteiger charge is 2.22. The van der Waals surface area contributed by atoms with E-state index in [-0.39, 0.29) is 24.0 Å². The summed E-state index contributed by atoms with van der Waals surface area (Å²) < 4.78 is 0. The summed E-state index contributed by atoms with van der Waals surface area (Å²) in [6.45, 7) is 1.54. The van der Waals surface area contributed by atoms with Crippen molar-refractivity contribution in [3.8, 4) is 0 Å². The van der Waals surface area contributed by atoms with Crippen LogP contribution in [0.4, 0.5) is 4.79 Å². The Morgan fingerprint density at radius 2 is 1.44 bits per heavy atom. The fourth-order valence-corrected chi connectivity index (χ4v) is 1.97. The maximum Gasteiger partial charge on any atom is 0.317 e. The number of urea groups is 1. The van der Waals surface area contributed by atoms with Gasteiger partial charge in [0.25, 0.3) is 0 Å². The third kappa shape index (κ3) is 4.08. The van der Waals surface area contributed by atoms with E-state index in [1.165, 1.54) is 0 Å². The van der Waals surface area contributed by atoms with Crippen LogP contribution in [0.15, 0.2) is 0 Å². The molecule has 1 saturated carbocycles. The predicted octanol–water partition coefficient (Wildman–Crippen LogP) is 0.705. The Kier molecular flexibility index (Phi) is 4.58. The lowest BCUT2D eigenvalue weighted by molar-refractivity contribution is -0.119. The Balaban J connectivity index is 2.27. The van der Waals surface area contributed by atoms with E-state index >= 15 is 0 Å². The minimum Gasteiger partial charge on any atom is -0.354 e. The van der Waals surface area contributed by atoms with Crippen molar-refractivity contribution in [3.63, 3.8) is 0 Å². The number of hydrogen-bond donors (Lipinski definition) is 2. The SMILES string of the molecule is CC(=O)N[C@H]1CC[C@H](NC(=O)N(C)C)CC1. The molecule has 5 heteroatoms. The highest BCUT2D eigenvalue weighted by atomic mass is 16.2. The van der Waals surface area contributed by atoms with Crippen LogP contribution in [0.5, 0.6) is 0 Å². The second-order valence-electron chi connectivity index (χ2n) is 4.59. The van der Waals surface area contributed by atoms with Gasteiger partial charge in [0, 0.05) is 33.1 Å². The van der Waals surface area contributed by atoms with Crippen LogP contribution >= 0.6 is 0 Å². The van der Waals surface area contributed by atoms with Gasteiger partial charge in [-0.1, -0.05) is 0 Å². The summed E-state index contributed by atoms with van der Waals surface area (Å²) in [5.41, 5.74) is 0. The minimum atomic E-state index is -0.0389. The van der Waals surface area contributed by atoms with Gasteiger partial charge in [0.15, 0.2) is 0 Å².